The first-order valence-corrected chi connectivity index (χ1v) is 4.86. The molecule has 1 aliphatic heterocycles. The number of ether oxygens (including phenoxy) is 1. The zero-order chi connectivity index (χ0) is 10.1. The zero-order valence-electron chi connectivity index (χ0n) is 8.10. The van der Waals surface area contributed by atoms with Crippen LogP contribution in [0, 0.1) is 0 Å². The van der Waals surface area contributed by atoms with Gasteiger partial charge in [-0.25, -0.2) is 4.98 Å². The van der Waals surface area contributed by atoms with Gasteiger partial charge < -0.3 is 10.1 Å². The highest BCUT2D eigenvalue weighted by molar-refractivity contribution is 5.66. The third-order valence-corrected chi connectivity index (χ3v) is 2.42. The van der Waals surface area contributed by atoms with Gasteiger partial charge in [0.2, 0.25) is 0 Å². The molecule has 74 valence electrons. The minimum absolute atomic E-state index is 0.585. The third kappa shape index (κ3) is 1.42. The molecule has 0 amide bonds. The fourth-order valence-corrected chi connectivity index (χ4v) is 1.65. The molecule has 1 aromatic carbocycles. The van der Waals surface area contributed by atoms with Gasteiger partial charge in [-0.3, -0.25) is 0 Å². The predicted molar refractivity (Wildman–Crippen MR) is 58.3 cm³/mol. The molecular weight excluding hydrogens is 188 g/mol. The molecule has 0 spiro atoms. The lowest BCUT2D eigenvalue weighted by atomic mass is 10.2. The molecule has 0 saturated heterocycles. The molecule has 1 N–H and O–H groups in total. The van der Waals surface area contributed by atoms with E-state index in [0.29, 0.717) is 6.61 Å². The number of pyridine rings is 1. The molecule has 3 heteroatoms. The largest absolute Gasteiger partial charge is 0.485 e. The molecule has 0 aliphatic carbocycles. The van der Waals surface area contributed by atoms with Crippen LogP contribution in [0.2, 0.25) is 0 Å². The van der Waals surface area contributed by atoms with Crippen molar-refractivity contribution in [1.82, 2.24) is 4.98 Å². The molecule has 3 rings (SSSR count). The van der Waals surface area contributed by atoms with Gasteiger partial charge in [0.05, 0.1) is 0 Å². The number of fused-ring (bicyclic) bond motifs is 2. The molecule has 0 radical (unpaired) electrons. The molecule has 0 saturated carbocycles. The van der Waals surface area contributed by atoms with Crippen LogP contribution in [-0.4, -0.2) is 4.98 Å². The Morgan fingerprint density at radius 3 is 3.07 bits per heavy atom. The molecule has 1 aromatic heterocycles. The Kier molecular flexibility index (Phi) is 1.81. The van der Waals surface area contributed by atoms with Crippen LogP contribution in [0.25, 0.3) is 0 Å². The predicted octanol–water partition coefficient (Wildman–Crippen LogP) is 2.72. The Morgan fingerprint density at radius 2 is 2.07 bits per heavy atom. The number of anilines is 2. The molecular formula is C12H10N2O. The first-order chi connectivity index (χ1) is 7.43. The number of nitrogens with one attached hydrogen (secondary N) is 1. The van der Waals surface area contributed by atoms with Crippen LogP contribution >= 0.6 is 0 Å². The van der Waals surface area contributed by atoms with Crippen LogP contribution in [0.5, 0.6) is 5.75 Å². The Hall–Kier alpha value is -2.03. The molecule has 1 aliphatic rings. The van der Waals surface area contributed by atoms with Crippen molar-refractivity contribution in [2.24, 2.45) is 0 Å². The number of hydrogen-bond donors (Lipinski definition) is 1. The van der Waals surface area contributed by atoms with Crippen molar-refractivity contribution in [2.45, 2.75) is 6.61 Å². The summed E-state index contributed by atoms with van der Waals surface area (Å²) < 4.78 is 5.65. The van der Waals surface area contributed by atoms with E-state index in [1.54, 1.807) is 6.20 Å². The number of para-hydroxylation sites is 1. The maximum absolute atomic E-state index is 5.65. The summed E-state index contributed by atoms with van der Waals surface area (Å²) in [5.41, 5.74) is 2.21. The van der Waals surface area contributed by atoms with Crippen LogP contribution in [0.1, 0.15) is 5.56 Å². The average molecular weight is 198 g/mol. The van der Waals surface area contributed by atoms with Gasteiger partial charge in [-0.2, -0.15) is 0 Å². The van der Waals surface area contributed by atoms with E-state index in [-0.39, 0.29) is 0 Å². The molecule has 15 heavy (non-hydrogen) atoms. The highest BCUT2D eigenvalue weighted by Crippen LogP contribution is 2.31. The standard InChI is InChI=1S/C12H10N2O/c1-2-5-10-9(4-1)8-15-11-6-3-7-13-12(11)14-10/h1-7H,8H2,(H,13,14). The highest BCUT2D eigenvalue weighted by atomic mass is 16.5. The van der Waals surface area contributed by atoms with E-state index < -0.39 is 0 Å². The summed E-state index contributed by atoms with van der Waals surface area (Å²) in [7, 11) is 0. The van der Waals surface area contributed by atoms with Gasteiger partial charge in [0.25, 0.3) is 0 Å². The first-order valence-electron chi connectivity index (χ1n) is 4.86. The molecule has 0 unspecified atom stereocenters. The van der Waals surface area contributed by atoms with Gasteiger partial charge in [-0.1, -0.05) is 18.2 Å². The van der Waals surface area contributed by atoms with E-state index in [4.69, 9.17) is 4.74 Å². The van der Waals surface area contributed by atoms with Crippen LogP contribution in [-0.2, 0) is 6.61 Å². The lowest BCUT2D eigenvalue weighted by molar-refractivity contribution is 0.310. The smallest absolute Gasteiger partial charge is 0.173 e. The normalized spacial score (nSPS) is 12.8. The van der Waals surface area contributed by atoms with Crippen LogP contribution in [0.4, 0.5) is 11.5 Å². The number of aromatic nitrogens is 1. The Labute approximate surface area is 87.7 Å². The summed E-state index contributed by atoms with van der Waals surface area (Å²) in [4.78, 5) is 4.24. The van der Waals surface area contributed by atoms with Crippen molar-refractivity contribution in [3.05, 3.63) is 48.2 Å². The molecule has 0 atom stereocenters. The first kappa shape index (κ1) is 8.29. The summed E-state index contributed by atoms with van der Waals surface area (Å²) in [6, 6.07) is 11.9. The van der Waals surface area contributed by atoms with Gasteiger partial charge in [0, 0.05) is 17.4 Å². The van der Waals surface area contributed by atoms with Crippen molar-refractivity contribution in [3.63, 3.8) is 0 Å². The Morgan fingerprint density at radius 1 is 1.13 bits per heavy atom. The lowest BCUT2D eigenvalue weighted by Crippen LogP contribution is -1.93. The van der Waals surface area contributed by atoms with Gasteiger partial charge in [-0.15, -0.1) is 0 Å². The maximum atomic E-state index is 5.65. The average Bonchev–Trinajstić information content (AvgIpc) is 2.48. The van der Waals surface area contributed by atoms with E-state index in [0.717, 1.165) is 22.8 Å². The van der Waals surface area contributed by atoms with Crippen molar-refractivity contribution in [3.8, 4) is 5.75 Å². The number of rotatable bonds is 0. The monoisotopic (exact) mass is 198 g/mol. The SMILES string of the molecule is c1ccc2c(c1)COc1cccnc1N2. The second-order valence-electron chi connectivity index (χ2n) is 3.42. The van der Waals surface area contributed by atoms with Crippen molar-refractivity contribution in [2.75, 3.05) is 5.32 Å². The van der Waals surface area contributed by atoms with Crippen LogP contribution in [0.15, 0.2) is 42.6 Å². The fourth-order valence-electron chi connectivity index (χ4n) is 1.65. The summed E-state index contributed by atoms with van der Waals surface area (Å²) in [5.74, 6) is 1.58. The lowest BCUT2D eigenvalue weighted by Gasteiger charge is -2.05. The Bertz CT molecular complexity index is 451. The van der Waals surface area contributed by atoms with Gasteiger partial charge in [0.1, 0.15) is 6.61 Å². The highest BCUT2D eigenvalue weighted by Gasteiger charge is 2.12. The molecule has 0 bridgehead atoms. The van der Waals surface area contributed by atoms with Gasteiger partial charge >= 0.3 is 0 Å². The topological polar surface area (TPSA) is 34.1 Å². The van der Waals surface area contributed by atoms with Gasteiger partial charge in [-0.05, 0) is 18.2 Å². The van der Waals surface area contributed by atoms with Crippen LogP contribution in [0.3, 0.4) is 0 Å². The molecule has 0 fully saturated rings. The number of nitrogens with zero attached hydrogens (tertiary/aromatic N) is 1. The van der Waals surface area contributed by atoms with E-state index >= 15 is 0 Å². The van der Waals surface area contributed by atoms with E-state index in [9.17, 15) is 0 Å². The van der Waals surface area contributed by atoms with Crippen molar-refractivity contribution in [1.29, 1.82) is 0 Å². The summed E-state index contributed by atoms with van der Waals surface area (Å²) in [6.07, 6.45) is 1.75. The summed E-state index contributed by atoms with van der Waals surface area (Å²) >= 11 is 0. The maximum Gasteiger partial charge on any atom is 0.173 e. The fraction of sp³-hybridized carbons (Fsp3) is 0.0833. The number of hydrogen-bond acceptors (Lipinski definition) is 3. The van der Waals surface area contributed by atoms with E-state index in [1.807, 2.05) is 36.4 Å². The molecule has 2 aromatic rings. The molecule has 3 nitrogen and oxygen atoms in total. The second-order valence-corrected chi connectivity index (χ2v) is 3.42. The van der Waals surface area contributed by atoms with Crippen LogP contribution < -0.4 is 10.1 Å². The third-order valence-electron chi connectivity index (χ3n) is 2.42. The van der Waals surface area contributed by atoms with Crippen molar-refractivity contribution < 1.29 is 4.74 Å². The van der Waals surface area contributed by atoms with E-state index in [1.165, 1.54) is 0 Å². The molecule has 2 heterocycles. The summed E-state index contributed by atoms with van der Waals surface area (Å²) in [5, 5.41) is 3.27. The minimum Gasteiger partial charge on any atom is -0.485 e. The second kappa shape index (κ2) is 3.28. The minimum atomic E-state index is 0.585. The quantitative estimate of drug-likeness (QED) is 0.706. The summed E-state index contributed by atoms with van der Waals surface area (Å²) in [6.45, 7) is 0.585. The van der Waals surface area contributed by atoms with E-state index in [2.05, 4.69) is 10.3 Å². The number of benzene rings is 1. The van der Waals surface area contributed by atoms with Gasteiger partial charge in [0.15, 0.2) is 11.6 Å². The zero-order valence-corrected chi connectivity index (χ0v) is 8.10. The Balaban J connectivity index is 2.10. The van der Waals surface area contributed by atoms with Crippen molar-refractivity contribution >= 4 is 11.5 Å².